The highest BCUT2D eigenvalue weighted by molar-refractivity contribution is 5.76. The van der Waals surface area contributed by atoms with Crippen LogP contribution >= 0.6 is 0 Å². The lowest BCUT2D eigenvalue weighted by Gasteiger charge is -2.36. The molecule has 11 nitrogen and oxygen atoms in total. The van der Waals surface area contributed by atoms with Gasteiger partial charge in [0.15, 0.2) is 0 Å². The molecule has 0 unspecified atom stereocenters. The minimum atomic E-state index is -1.07. The van der Waals surface area contributed by atoms with Crippen LogP contribution < -0.4 is 14.3 Å². The molecule has 2 heterocycles. The Labute approximate surface area is 279 Å². The van der Waals surface area contributed by atoms with E-state index >= 15 is 0 Å². The second-order valence-corrected chi connectivity index (χ2v) is 11.7. The molecule has 48 heavy (non-hydrogen) atoms. The quantitative estimate of drug-likeness (QED) is 0.131. The molecule has 1 aliphatic rings. The number of aliphatic hydroxyl groups excluding tert-OH is 1. The smallest absolute Gasteiger partial charge is 0.333 e. The normalized spacial score (nSPS) is 13.7. The number of aromatic nitrogens is 1. The standard InChI is InChI=1S/C37H42N2O9/c1-45-31-14-10-28(11-15-31)37(29-12-16-32(46-2)17-13-29,47-25-3-4-33(41)38-23-21-30(40)22-24-38)27-8-5-26(6-9-27)7-20-36(44)48-39-34(42)18-19-35(39)43/h5-6,8-19,30,40,42-43H,3-4,7,20-25H2,1-2H3. The van der Waals surface area contributed by atoms with Crippen molar-refractivity contribution in [3.05, 3.63) is 107 Å². The van der Waals surface area contributed by atoms with Gasteiger partial charge in [0.05, 0.1) is 26.7 Å². The molecule has 0 radical (unpaired) electrons. The summed E-state index contributed by atoms with van der Waals surface area (Å²) in [7, 11) is 3.22. The molecule has 4 aromatic rings. The van der Waals surface area contributed by atoms with Crippen LogP contribution in [-0.4, -0.2) is 76.8 Å². The number of ether oxygens (including phenoxy) is 3. The maximum Gasteiger partial charge on any atom is 0.333 e. The first-order valence-electron chi connectivity index (χ1n) is 16.0. The van der Waals surface area contributed by atoms with Gasteiger partial charge < -0.3 is 39.3 Å². The van der Waals surface area contributed by atoms with Crippen LogP contribution in [0.15, 0.2) is 84.9 Å². The fraction of sp³-hybridized carbons (Fsp3) is 0.351. The molecule has 1 aromatic heterocycles. The van der Waals surface area contributed by atoms with Gasteiger partial charge in [-0.15, -0.1) is 4.73 Å². The van der Waals surface area contributed by atoms with E-state index in [1.807, 2.05) is 77.7 Å². The number of likely N-dealkylation sites (tertiary alicyclic amines) is 1. The summed E-state index contributed by atoms with van der Waals surface area (Å²) in [5.41, 5.74) is 2.34. The molecule has 0 aliphatic carbocycles. The summed E-state index contributed by atoms with van der Waals surface area (Å²) < 4.78 is 18.4. The first kappa shape index (κ1) is 34.3. The van der Waals surface area contributed by atoms with E-state index in [0.717, 1.165) is 22.3 Å². The van der Waals surface area contributed by atoms with Crippen LogP contribution in [-0.2, 0) is 26.3 Å². The lowest BCUT2D eigenvalue weighted by molar-refractivity contribution is -0.145. The molecule has 1 aliphatic heterocycles. The average molecular weight is 659 g/mol. The van der Waals surface area contributed by atoms with Crippen molar-refractivity contribution in [2.45, 2.75) is 50.2 Å². The Hall–Kier alpha value is -5.00. The summed E-state index contributed by atoms with van der Waals surface area (Å²) in [6.45, 7) is 1.40. The first-order chi connectivity index (χ1) is 23.2. The number of aryl methyl sites for hydroxylation is 1. The van der Waals surface area contributed by atoms with Gasteiger partial charge in [-0.2, -0.15) is 0 Å². The molecule has 1 fully saturated rings. The third-order valence-corrected chi connectivity index (χ3v) is 8.63. The van der Waals surface area contributed by atoms with E-state index < -0.39 is 11.6 Å². The van der Waals surface area contributed by atoms with Gasteiger partial charge in [0, 0.05) is 38.2 Å². The largest absolute Gasteiger partial charge is 0.497 e. The Morgan fingerprint density at radius 2 is 1.25 bits per heavy atom. The molecule has 3 N–H and O–H groups in total. The monoisotopic (exact) mass is 658 g/mol. The van der Waals surface area contributed by atoms with Crippen molar-refractivity contribution < 1.29 is 44.0 Å². The number of benzene rings is 3. The lowest BCUT2D eigenvalue weighted by Crippen LogP contribution is -2.40. The number of methoxy groups -OCH3 is 2. The predicted octanol–water partition coefficient (Wildman–Crippen LogP) is 4.58. The average Bonchev–Trinajstić information content (AvgIpc) is 3.43. The van der Waals surface area contributed by atoms with E-state index in [2.05, 4.69) is 0 Å². The number of hydrogen-bond donors (Lipinski definition) is 3. The zero-order chi connectivity index (χ0) is 34.1. The van der Waals surface area contributed by atoms with Crippen molar-refractivity contribution in [3.63, 3.8) is 0 Å². The van der Waals surface area contributed by atoms with Gasteiger partial charge in [0.1, 0.15) is 17.1 Å². The van der Waals surface area contributed by atoms with Crippen molar-refractivity contribution in [1.82, 2.24) is 9.63 Å². The van der Waals surface area contributed by atoms with Gasteiger partial charge >= 0.3 is 5.97 Å². The highest BCUT2D eigenvalue weighted by Crippen LogP contribution is 2.42. The Balaban J connectivity index is 1.40. The summed E-state index contributed by atoms with van der Waals surface area (Å²) >= 11 is 0. The molecule has 5 rings (SSSR count). The van der Waals surface area contributed by atoms with E-state index in [4.69, 9.17) is 19.0 Å². The summed E-state index contributed by atoms with van der Waals surface area (Å²) in [6, 6.07) is 25.6. The third-order valence-electron chi connectivity index (χ3n) is 8.63. The number of nitrogens with zero attached hydrogens (tertiary/aromatic N) is 2. The summed E-state index contributed by atoms with van der Waals surface area (Å²) in [6.07, 6.45) is 2.04. The fourth-order valence-corrected chi connectivity index (χ4v) is 5.92. The van der Waals surface area contributed by atoms with Crippen LogP contribution in [0.4, 0.5) is 0 Å². The Kier molecular flexibility index (Phi) is 11.3. The van der Waals surface area contributed by atoms with Crippen LogP contribution in [0.2, 0.25) is 0 Å². The second-order valence-electron chi connectivity index (χ2n) is 11.7. The van der Waals surface area contributed by atoms with Gasteiger partial charge in [0.25, 0.3) is 0 Å². The third kappa shape index (κ3) is 7.92. The van der Waals surface area contributed by atoms with E-state index in [-0.39, 0.29) is 36.8 Å². The van der Waals surface area contributed by atoms with Crippen LogP contribution in [0.3, 0.4) is 0 Å². The van der Waals surface area contributed by atoms with Gasteiger partial charge in [-0.05, 0) is 72.2 Å². The minimum Gasteiger partial charge on any atom is -0.497 e. The van der Waals surface area contributed by atoms with E-state index in [0.29, 0.717) is 61.4 Å². The molecule has 1 saturated heterocycles. The van der Waals surface area contributed by atoms with Gasteiger partial charge in [-0.1, -0.05) is 48.5 Å². The number of rotatable bonds is 14. The number of carbonyl (C=O) groups is 2. The Bertz CT molecular complexity index is 1570. The van der Waals surface area contributed by atoms with Crippen molar-refractivity contribution in [3.8, 4) is 23.3 Å². The summed E-state index contributed by atoms with van der Waals surface area (Å²) in [5.74, 6) is 0.0656. The highest BCUT2D eigenvalue weighted by atomic mass is 16.7. The first-order valence-corrected chi connectivity index (χ1v) is 16.0. The molecule has 3 aromatic carbocycles. The molecule has 0 atom stereocenters. The van der Waals surface area contributed by atoms with Crippen LogP contribution in [0.1, 0.15) is 54.4 Å². The number of aliphatic hydroxyl groups is 1. The van der Waals surface area contributed by atoms with Crippen LogP contribution in [0, 0.1) is 0 Å². The molecule has 254 valence electrons. The zero-order valence-electron chi connectivity index (χ0n) is 27.2. The molecule has 0 spiro atoms. The molecule has 1 amide bonds. The van der Waals surface area contributed by atoms with E-state index in [1.165, 1.54) is 12.1 Å². The van der Waals surface area contributed by atoms with Gasteiger partial charge in [-0.25, -0.2) is 4.79 Å². The summed E-state index contributed by atoms with van der Waals surface area (Å²) in [4.78, 5) is 32.3. The fourth-order valence-electron chi connectivity index (χ4n) is 5.92. The minimum absolute atomic E-state index is 0.0129. The predicted molar refractivity (Wildman–Crippen MR) is 177 cm³/mol. The Morgan fingerprint density at radius 1 is 0.750 bits per heavy atom. The number of carbonyl (C=O) groups excluding carboxylic acids is 2. The molecule has 11 heteroatoms. The number of piperidine rings is 1. The summed E-state index contributed by atoms with van der Waals surface area (Å²) in [5, 5.41) is 29.4. The molecular formula is C37H42N2O9. The maximum atomic E-state index is 13.0. The van der Waals surface area contributed by atoms with Crippen LogP contribution in [0.5, 0.6) is 23.3 Å². The highest BCUT2D eigenvalue weighted by Gasteiger charge is 2.38. The number of amides is 1. The van der Waals surface area contributed by atoms with Crippen molar-refractivity contribution >= 4 is 11.9 Å². The zero-order valence-corrected chi connectivity index (χ0v) is 27.2. The van der Waals surface area contributed by atoms with Gasteiger partial charge in [0.2, 0.25) is 17.7 Å². The SMILES string of the molecule is COc1ccc(C(OCCCC(=O)N2CCC(O)CC2)(c2ccc(CCC(=O)On3c(O)ccc3O)cc2)c2ccc(OC)cc2)cc1. The van der Waals surface area contributed by atoms with Crippen LogP contribution in [0.25, 0.3) is 0 Å². The maximum absolute atomic E-state index is 13.0. The molecular weight excluding hydrogens is 616 g/mol. The van der Waals surface area contributed by atoms with E-state index in [9.17, 15) is 24.9 Å². The topological polar surface area (TPSA) is 140 Å². The van der Waals surface area contributed by atoms with Crippen molar-refractivity contribution in [2.75, 3.05) is 33.9 Å². The lowest BCUT2D eigenvalue weighted by atomic mass is 9.79. The number of aromatic hydroxyl groups is 2. The number of hydrogen-bond acceptors (Lipinski definition) is 9. The molecule has 0 bridgehead atoms. The van der Waals surface area contributed by atoms with E-state index in [1.54, 1.807) is 14.2 Å². The Morgan fingerprint density at radius 3 is 1.75 bits per heavy atom. The van der Waals surface area contributed by atoms with Crippen molar-refractivity contribution in [1.29, 1.82) is 0 Å². The van der Waals surface area contributed by atoms with Crippen molar-refractivity contribution in [2.24, 2.45) is 0 Å². The van der Waals surface area contributed by atoms with Gasteiger partial charge in [-0.3, -0.25) is 4.79 Å². The molecule has 0 saturated carbocycles. The second kappa shape index (κ2) is 15.7.